The maximum absolute atomic E-state index is 11.2. The first-order valence-corrected chi connectivity index (χ1v) is 7.14. The molecule has 1 aliphatic rings. The third-order valence-electron chi connectivity index (χ3n) is 3.80. The van der Waals surface area contributed by atoms with Gasteiger partial charge in [-0.2, -0.15) is 0 Å². The molecule has 5 heteroatoms. The maximum atomic E-state index is 11.2. The van der Waals surface area contributed by atoms with E-state index in [0.29, 0.717) is 24.2 Å². The van der Waals surface area contributed by atoms with Gasteiger partial charge >= 0.3 is 5.97 Å². The zero-order chi connectivity index (χ0) is 14.8. The molecular weight excluding hydrogens is 268 g/mol. The molecule has 1 saturated carbocycles. The van der Waals surface area contributed by atoms with Gasteiger partial charge < -0.3 is 9.52 Å². The Balaban J connectivity index is 1.75. The molecule has 0 amide bonds. The third-order valence-corrected chi connectivity index (χ3v) is 3.80. The smallest absolute Gasteiger partial charge is 0.320 e. The lowest BCUT2D eigenvalue weighted by Gasteiger charge is -2.24. The molecule has 21 heavy (non-hydrogen) atoms. The van der Waals surface area contributed by atoms with Crippen molar-refractivity contribution in [1.82, 2.24) is 9.88 Å². The van der Waals surface area contributed by atoms with Gasteiger partial charge in [-0.15, -0.1) is 0 Å². The van der Waals surface area contributed by atoms with Gasteiger partial charge in [0, 0.05) is 11.6 Å². The second kappa shape index (κ2) is 5.69. The second-order valence-electron chi connectivity index (χ2n) is 5.40. The van der Waals surface area contributed by atoms with Gasteiger partial charge in [0.15, 0.2) is 5.76 Å². The van der Waals surface area contributed by atoms with E-state index in [2.05, 4.69) is 4.98 Å². The molecule has 110 valence electrons. The minimum atomic E-state index is -0.809. The Hall–Kier alpha value is -2.14. The Morgan fingerprint density at radius 3 is 2.76 bits per heavy atom. The second-order valence-corrected chi connectivity index (χ2v) is 5.40. The Morgan fingerprint density at radius 2 is 2.14 bits per heavy atom. The summed E-state index contributed by atoms with van der Waals surface area (Å²) in [5, 5.41) is 9.20. The molecule has 1 N–H and O–H groups in total. The molecule has 3 rings (SSSR count). The van der Waals surface area contributed by atoms with E-state index in [1.54, 1.807) is 13.1 Å². The van der Waals surface area contributed by atoms with E-state index in [1.165, 1.54) is 0 Å². The fraction of sp³-hybridized carbons (Fsp3) is 0.375. The molecule has 0 saturated heterocycles. The van der Waals surface area contributed by atoms with Crippen LogP contribution in [0.4, 0.5) is 0 Å². The number of hydrogen-bond donors (Lipinski definition) is 1. The summed E-state index contributed by atoms with van der Waals surface area (Å²) in [4.78, 5) is 17.4. The Morgan fingerprint density at radius 1 is 1.43 bits per heavy atom. The summed E-state index contributed by atoms with van der Waals surface area (Å²) in [6.07, 6.45) is 3.79. The van der Waals surface area contributed by atoms with Crippen molar-refractivity contribution in [1.29, 1.82) is 0 Å². The molecular formula is C16H18N2O3. The number of hydrogen-bond acceptors (Lipinski definition) is 4. The van der Waals surface area contributed by atoms with Crippen LogP contribution in [0.25, 0.3) is 11.3 Å². The van der Waals surface area contributed by atoms with E-state index < -0.39 is 12.0 Å². The lowest BCUT2D eigenvalue weighted by Crippen LogP contribution is -2.40. The molecule has 2 aromatic rings. The van der Waals surface area contributed by atoms with E-state index in [9.17, 15) is 9.90 Å². The van der Waals surface area contributed by atoms with Gasteiger partial charge in [0.1, 0.15) is 6.04 Å². The summed E-state index contributed by atoms with van der Waals surface area (Å²) in [7, 11) is 0. The third kappa shape index (κ3) is 3.13. The van der Waals surface area contributed by atoms with E-state index in [0.717, 1.165) is 18.4 Å². The van der Waals surface area contributed by atoms with Crippen molar-refractivity contribution in [2.24, 2.45) is 0 Å². The number of rotatable bonds is 6. The minimum absolute atomic E-state index is 0.336. The van der Waals surface area contributed by atoms with Gasteiger partial charge in [-0.25, -0.2) is 4.98 Å². The first kappa shape index (κ1) is 13.8. The molecule has 5 nitrogen and oxygen atoms in total. The predicted molar refractivity (Wildman–Crippen MR) is 77.6 cm³/mol. The average Bonchev–Trinajstić information content (AvgIpc) is 3.23. The van der Waals surface area contributed by atoms with Gasteiger partial charge in [-0.05, 0) is 19.8 Å². The summed E-state index contributed by atoms with van der Waals surface area (Å²) >= 11 is 0. The number of carbonyl (C=O) groups is 1. The highest BCUT2D eigenvalue weighted by molar-refractivity contribution is 5.73. The number of oxazole rings is 1. The standard InChI is InChI=1S/C16H18N2O3/c1-11(16(19)20)18(13-7-8-13)10-15-17-9-14(21-15)12-5-3-2-4-6-12/h2-6,9,11,13H,7-8,10H2,1H3,(H,19,20). The Bertz CT molecular complexity index is 619. The van der Waals surface area contributed by atoms with Crippen LogP contribution in [0.2, 0.25) is 0 Å². The van der Waals surface area contributed by atoms with Crippen LogP contribution in [-0.2, 0) is 11.3 Å². The van der Waals surface area contributed by atoms with Crippen LogP contribution in [0.15, 0.2) is 40.9 Å². The van der Waals surface area contributed by atoms with Gasteiger partial charge in [-0.1, -0.05) is 30.3 Å². The quantitative estimate of drug-likeness (QED) is 0.884. The first-order valence-electron chi connectivity index (χ1n) is 7.14. The SMILES string of the molecule is CC(C(=O)O)N(Cc1ncc(-c2ccccc2)o1)C1CC1. The molecule has 1 fully saturated rings. The largest absolute Gasteiger partial charge is 0.480 e. The van der Waals surface area contributed by atoms with Crippen molar-refractivity contribution in [2.45, 2.75) is 38.4 Å². The molecule has 1 unspecified atom stereocenters. The summed E-state index contributed by atoms with van der Waals surface area (Å²) in [5.74, 6) is 0.468. The average molecular weight is 286 g/mol. The molecule has 1 heterocycles. The van der Waals surface area contributed by atoms with Crippen molar-refractivity contribution >= 4 is 5.97 Å². The number of carboxylic acid groups (broad SMARTS) is 1. The molecule has 0 spiro atoms. The zero-order valence-electron chi connectivity index (χ0n) is 11.9. The van der Waals surface area contributed by atoms with Gasteiger partial charge in [-0.3, -0.25) is 9.69 Å². The van der Waals surface area contributed by atoms with Crippen molar-refractivity contribution in [2.75, 3.05) is 0 Å². The number of carboxylic acids is 1. The molecule has 0 radical (unpaired) electrons. The van der Waals surface area contributed by atoms with Crippen LogP contribution in [0, 0.1) is 0 Å². The molecule has 0 bridgehead atoms. The van der Waals surface area contributed by atoms with Crippen molar-refractivity contribution < 1.29 is 14.3 Å². The highest BCUT2D eigenvalue weighted by atomic mass is 16.4. The Labute approximate surface area is 123 Å². The normalized spacial score (nSPS) is 16.1. The summed E-state index contributed by atoms with van der Waals surface area (Å²) in [5.41, 5.74) is 0.973. The van der Waals surface area contributed by atoms with Gasteiger partial charge in [0.25, 0.3) is 0 Å². The lowest BCUT2D eigenvalue weighted by molar-refractivity contribution is -0.143. The Kier molecular flexibility index (Phi) is 3.75. The van der Waals surface area contributed by atoms with Crippen LogP contribution in [0.5, 0.6) is 0 Å². The van der Waals surface area contributed by atoms with Crippen LogP contribution in [0.1, 0.15) is 25.7 Å². The predicted octanol–water partition coefficient (Wildman–Crippen LogP) is 2.78. The topological polar surface area (TPSA) is 66.6 Å². The van der Waals surface area contributed by atoms with Crippen LogP contribution in [0.3, 0.4) is 0 Å². The van der Waals surface area contributed by atoms with Crippen molar-refractivity contribution in [3.8, 4) is 11.3 Å². The summed E-state index contributed by atoms with van der Waals surface area (Å²) in [6, 6.07) is 9.57. The zero-order valence-corrected chi connectivity index (χ0v) is 11.9. The van der Waals surface area contributed by atoms with E-state index in [1.807, 2.05) is 35.2 Å². The fourth-order valence-corrected chi connectivity index (χ4v) is 2.41. The van der Waals surface area contributed by atoms with Crippen LogP contribution in [-0.4, -0.2) is 33.0 Å². The van der Waals surface area contributed by atoms with Gasteiger partial charge in [0.05, 0.1) is 12.7 Å². The molecule has 1 aliphatic carbocycles. The van der Waals surface area contributed by atoms with Crippen molar-refractivity contribution in [3.63, 3.8) is 0 Å². The highest BCUT2D eigenvalue weighted by Gasteiger charge is 2.35. The van der Waals surface area contributed by atoms with E-state index in [-0.39, 0.29) is 0 Å². The lowest BCUT2D eigenvalue weighted by atomic mass is 10.2. The number of aromatic nitrogens is 1. The summed E-state index contributed by atoms with van der Waals surface area (Å²) < 4.78 is 5.76. The highest BCUT2D eigenvalue weighted by Crippen LogP contribution is 2.30. The molecule has 1 aromatic heterocycles. The fourth-order valence-electron chi connectivity index (χ4n) is 2.41. The molecule has 0 aliphatic heterocycles. The van der Waals surface area contributed by atoms with Crippen molar-refractivity contribution in [3.05, 3.63) is 42.4 Å². The molecule has 1 atom stereocenters. The van der Waals surface area contributed by atoms with Gasteiger partial charge in [0.2, 0.25) is 5.89 Å². The first-order chi connectivity index (χ1) is 10.1. The van der Waals surface area contributed by atoms with Crippen LogP contribution < -0.4 is 0 Å². The maximum Gasteiger partial charge on any atom is 0.320 e. The summed E-state index contributed by atoms with van der Waals surface area (Å²) in [6.45, 7) is 2.15. The van der Waals surface area contributed by atoms with Crippen LogP contribution >= 0.6 is 0 Å². The number of benzene rings is 1. The molecule has 1 aromatic carbocycles. The van der Waals surface area contributed by atoms with E-state index in [4.69, 9.17) is 4.42 Å². The monoisotopic (exact) mass is 286 g/mol. The minimum Gasteiger partial charge on any atom is -0.480 e. The number of aliphatic carboxylic acids is 1. The van der Waals surface area contributed by atoms with E-state index >= 15 is 0 Å². The number of nitrogens with zero attached hydrogens (tertiary/aromatic N) is 2.